The lowest BCUT2D eigenvalue weighted by Gasteiger charge is -2.29. The zero-order chi connectivity index (χ0) is 12.4. The Morgan fingerprint density at radius 2 is 2.11 bits per heavy atom. The summed E-state index contributed by atoms with van der Waals surface area (Å²) in [5.41, 5.74) is 3.03. The Bertz CT molecular complexity index is 504. The highest BCUT2D eigenvalue weighted by Gasteiger charge is 2.21. The standard InChI is InChI=1S/C16H19NS/c1-12(16-10-5-11-18-16)17-15-9-4-7-13-6-2-3-8-14(13)15/h2-3,5-6,8,10-12,15,17H,4,7,9H2,1H3/t12-,15?/m0/s1. The average molecular weight is 257 g/mol. The van der Waals surface area contributed by atoms with Crippen molar-refractivity contribution in [2.45, 2.75) is 38.3 Å². The quantitative estimate of drug-likeness (QED) is 0.855. The van der Waals surface area contributed by atoms with Crippen molar-refractivity contribution in [2.24, 2.45) is 0 Å². The fourth-order valence-electron chi connectivity index (χ4n) is 2.85. The summed E-state index contributed by atoms with van der Waals surface area (Å²) in [7, 11) is 0. The highest BCUT2D eigenvalue weighted by Crippen LogP contribution is 2.32. The summed E-state index contributed by atoms with van der Waals surface area (Å²) >= 11 is 1.84. The van der Waals surface area contributed by atoms with Gasteiger partial charge >= 0.3 is 0 Å². The number of rotatable bonds is 3. The first kappa shape index (κ1) is 11.9. The summed E-state index contributed by atoms with van der Waals surface area (Å²) in [5.74, 6) is 0. The molecule has 1 heterocycles. The molecule has 0 amide bonds. The molecule has 0 saturated carbocycles. The molecule has 2 heteroatoms. The highest BCUT2D eigenvalue weighted by atomic mass is 32.1. The molecule has 0 radical (unpaired) electrons. The van der Waals surface area contributed by atoms with E-state index in [0.29, 0.717) is 12.1 Å². The molecule has 1 aliphatic carbocycles. The Morgan fingerprint density at radius 3 is 2.94 bits per heavy atom. The van der Waals surface area contributed by atoms with Gasteiger partial charge in [-0.05, 0) is 48.8 Å². The molecule has 1 unspecified atom stereocenters. The summed E-state index contributed by atoms with van der Waals surface area (Å²) in [4.78, 5) is 1.43. The largest absolute Gasteiger partial charge is 0.303 e. The molecule has 1 N–H and O–H groups in total. The maximum absolute atomic E-state index is 3.79. The molecule has 94 valence electrons. The van der Waals surface area contributed by atoms with Crippen LogP contribution in [-0.2, 0) is 6.42 Å². The van der Waals surface area contributed by atoms with Gasteiger partial charge in [-0.15, -0.1) is 11.3 Å². The SMILES string of the molecule is C[C@H](NC1CCCc2ccccc21)c1cccs1. The Morgan fingerprint density at radius 1 is 1.22 bits per heavy atom. The van der Waals surface area contributed by atoms with Crippen molar-refractivity contribution in [1.29, 1.82) is 0 Å². The van der Waals surface area contributed by atoms with Crippen LogP contribution >= 0.6 is 11.3 Å². The Labute approximate surface area is 113 Å². The third kappa shape index (κ3) is 2.36. The number of hydrogen-bond acceptors (Lipinski definition) is 2. The second-order valence-electron chi connectivity index (χ2n) is 5.05. The van der Waals surface area contributed by atoms with Crippen LogP contribution in [0.1, 0.15) is 47.9 Å². The first-order valence-corrected chi connectivity index (χ1v) is 7.60. The molecule has 0 bridgehead atoms. The van der Waals surface area contributed by atoms with Gasteiger partial charge in [-0.1, -0.05) is 30.3 Å². The lowest BCUT2D eigenvalue weighted by molar-refractivity contribution is 0.418. The number of nitrogens with one attached hydrogen (secondary N) is 1. The van der Waals surface area contributed by atoms with Crippen LogP contribution in [0, 0.1) is 0 Å². The van der Waals surface area contributed by atoms with Crippen LogP contribution in [-0.4, -0.2) is 0 Å². The van der Waals surface area contributed by atoms with Crippen molar-refractivity contribution >= 4 is 11.3 Å². The van der Waals surface area contributed by atoms with Crippen molar-refractivity contribution in [3.05, 3.63) is 57.8 Å². The molecule has 0 aliphatic heterocycles. The van der Waals surface area contributed by atoms with E-state index in [4.69, 9.17) is 0 Å². The minimum absolute atomic E-state index is 0.446. The van der Waals surface area contributed by atoms with Gasteiger partial charge < -0.3 is 5.32 Å². The molecule has 2 aromatic rings. The molecule has 1 aromatic heterocycles. The van der Waals surface area contributed by atoms with E-state index < -0.39 is 0 Å². The van der Waals surface area contributed by atoms with E-state index in [1.165, 1.54) is 35.3 Å². The molecule has 18 heavy (non-hydrogen) atoms. The third-order valence-corrected chi connectivity index (χ3v) is 4.85. The summed E-state index contributed by atoms with van der Waals surface area (Å²) in [5, 5.41) is 5.94. The molecule has 1 aliphatic rings. The van der Waals surface area contributed by atoms with Crippen molar-refractivity contribution in [3.8, 4) is 0 Å². The van der Waals surface area contributed by atoms with Gasteiger partial charge in [0.05, 0.1) is 0 Å². The first-order chi connectivity index (χ1) is 8.84. The van der Waals surface area contributed by atoms with Gasteiger partial charge in [0.2, 0.25) is 0 Å². The maximum atomic E-state index is 3.79. The van der Waals surface area contributed by atoms with E-state index in [1.807, 2.05) is 11.3 Å². The zero-order valence-electron chi connectivity index (χ0n) is 10.7. The van der Waals surface area contributed by atoms with Crippen LogP contribution in [0.2, 0.25) is 0 Å². The van der Waals surface area contributed by atoms with Gasteiger partial charge in [-0.3, -0.25) is 0 Å². The minimum atomic E-state index is 0.446. The fourth-order valence-corrected chi connectivity index (χ4v) is 3.59. The van der Waals surface area contributed by atoms with Crippen LogP contribution in [0.25, 0.3) is 0 Å². The number of thiophene rings is 1. The summed E-state index contributed by atoms with van der Waals surface area (Å²) in [6, 6.07) is 14.2. The average Bonchev–Trinajstić information content (AvgIpc) is 2.93. The molecular formula is C16H19NS. The predicted octanol–water partition coefficient (Wildman–Crippen LogP) is 4.48. The molecule has 0 fully saturated rings. The number of fused-ring (bicyclic) bond motifs is 1. The third-order valence-electron chi connectivity index (χ3n) is 3.79. The number of benzene rings is 1. The Hall–Kier alpha value is -1.12. The van der Waals surface area contributed by atoms with E-state index in [-0.39, 0.29) is 0 Å². The van der Waals surface area contributed by atoms with E-state index in [0.717, 1.165) is 0 Å². The number of aryl methyl sites for hydroxylation is 1. The van der Waals surface area contributed by atoms with Crippen molar-refractivity contribution < 1.29 is 0 Å². The van der Waals surface area contributed by atoms with Crippen molar-refractivity contribution in [3.63, 3.8) is 0 Å². The smallest absolute Gasteiger partial charge is 0.0391 e. The van der Waals surface area contributed by atoms with Crippen LogP contribution in [0.4, 0.5) is 0 Å². The van der Waals surface area contributed by atoms with Crippen LogP contribution in [0.5, 0.6) is 0 Å². The second-order valence-corrected chi connectivity index (χ2v) is 6.03. The zero-order valence-corrected chi connectivity index (χ0v) is 11.5. The summed E-state index contributed by atoms with van der Waals surface area (Å²) in [6.07, 6.45) is 3.79. The number of hydrogen-bond donors (Lipinski definition) is 1. The molecule has 1 nitrogen and oxygen atoms in total. The Balaban J connectivity index is 1.78. The van der Waals surface area contributed by atoms with E-state index >= 15 is 0 Å². The van der Waals surface area contributed by atoms with E-state index in [2.05, 4.69) is 54.0 Å². The van der Waals surface area contributed by atoms with Crippen molar-refractivity contribution in [1.82, 2.24) is 5.32 Å². The first-order valence-electron chi connectivity index (χ1n) is 6.72. The lowest BCUT2D eigenvalue weighted by atomic mass is 9.87. The van der Waals surface area contributed by atoms with Gasteiger partial charge in [0.15, 0.2) is 0 Å². The van der Waals surface area contributed by atoms with Gasteiger partial charge in [0.1, 0.15) is 0 Å². The lowest BCUT2D eigenvalue weighted by Crippen LogP contribution is -2.27. The molecule has 3 rings (SSSR count). The fraction of sp³-hybridized carbons (Fsp3) is 0.375. The minimum Gasteiger partial charge on any atom is -0.303 e. The van der Waals surface area contributed by atoms with Crippen LogP contribution in [0.3, 0.4) is 0 Å². The summed E-state index contributed by atoms with van der Waals surface area (Å²) in [6.45, 7) is 2.27. The molecule has 0 spiro atoms. The Kier molecular flexibility index (Phi) is 3.48. The normalized spacial score (nSPS) is 20.4. The van der Waals surface area contributed by atoms with Gasteiger partial charge in [0, 0.05) is 17.0 Å². The second kappa shape index (κ2) is 5.25. The maximum Gasteiger partial charge on any atom is 0.0391 e. The van der Waals surface area contributed by atoms with Gasteiger partial charge in [-0.2, -0.15) is 0 Å². The molecule has 2 atom stereocenters. The topological polar surface area (TPSA) is 12.0 Å². The predicted molar refractivity (Wildman–Crippen MR) is 78.0 cm³/mol. The summed E-state index contributed by atoms with van der Waals surface area (Å²) < 4.78 is 0. The van der Waals surface area contributed by atoms with Crippen LogP contribution in [0.15, 0.2) is 41.8 Å². The molecule has 1 aromatic carbocycles. The molecule has 0 saturated heterocycles. The molecular weight excluding hydrogens is 238 g/mol. The van der Waals surface area contributed by atoms with Gasteiger partial charge in [0.25, 0.3) is 0 Å². The van der Waals surface area contributed by atoms with E-state index in [9.17, 15) is 0 Å². The van der Waals surface area contributed by atoms with Crippen molar-refractivity contribution in [2.75, 3.05) is 0 Å². The van der Waals surface area contributed by atoms with E-state index in [1.54, 1.807) is 0 Å². The monoisotopic (exact) mass is 257 g/mol. The highest BCUT2D eigenvalue weighted by molar-refractivity contribution is 7.10. The van der Waals surface area contributed by atoms with Crippen LogP contribution < -0.4 is 5.32 Å². The van der Waals surface area contributed by atoms with Gasteiger partial charge in [-0.25, -0.2) is 0 Å².